The van der Waals surface area contributed by atoms with E-state index in [1.54, 1.807) is 36.7 Å². The molecule has 0 amide bonds. The standard InChI is InChI=1S/C11H10N3O/c1-8-6-14-11(7-13-8)15-10-4-2-9(12)3-5-10/h2-7,12H,1H3. The second-order valence-electron chi connectivity index (χ2n) is 3.12. The summed E-state index contributed by atoms with van der Waals surface area (Å²) in [6.45, 7) is 1.87. The second-order valence-corrected chi connectivity index (χ2v) is 3.12. The Morgan fingerprint density at radius 2 is 1.80 bits per heavy atom. The largest absolute Gasteiger partial charge is 0.438 e. The minimum atomic E-state index is 0.456. The number of aryl methyl sites for hydroxylation is 1. The quantitative estimate of drug-likeness (QED) is 0.748. The molecule has 0 fully saturated rings. The molecule has 1 radical (unpaired) electrons. The van der Waals surface area contributed by atoms with Crippen LogP contribution < -0.4 is 10.5 Å². The Balaban J connectivity index is 2.15. The normalized spacial score (nSPS) is 9.93. The monoisotopic (exact) mass is 200 g/mol. The first kappa shape index (κ1) is 9.45. The first-order chi connectivity index (χ1) is 7.24. The van der Waals surface area contributed by atoms with Crippen LogP contribution >= 0.6 is 0 Å². The Morgan fingerprint density at radius 1 is 1.07 bits per heavy atom. The molecule has 0 atom stereocenters. The van der Waals surface area contributed by atoms with Gasteiger partial charge in [-0.3, -0.25) is 4.98 Å². The zero-order valence-electron chi connectivity index (χ0n) is 8.27. The summed E-state index contributed by atoms with van der Waals surface area (Å²) >= 11 is 0. The summed E-state index contributed by atoms with van der Waals surface area (Å²) in [4.78, 5) is 8.13. The summed E-state index contributed by atoms with van der Waals surface area (Å²) in [7, 11) is 0. The van der Waals surface area contributed by atoms with Crippen molar-refractivity contribution in [1.29, 1.82) is 0 Å². The zero-order chi connectivity index (χ0) is 10.7. The third-order valence-corrected chi connectivity index (χ3v) is 1.83. The van der Waals surface area contributed by atoms with Crippen LogP contribution in [0.3, 0.4) is 0 Å². The summed E-state index contributed by atoms with van der Waals surface area (Å²) in [6.07, 6.45) is 3.22. The molecule has 4 nitrogen and oxygen atoms in total. The van der Waals surface area contributed by atoms with Crippen LogP contribution in [0, 0.1) is 6.92 Å². The highest BCUT2D eigenvalue weighted by atomic mass is 16.5. The van der Waals surface area contributed by atoms with Crippen molar-refractivity contribution in [1.82, 2.24) is 15.7 Å². The van der Waals surface area contributed by atoms with E-state index in [4.69, 9.17) is 10.5 Å². The molecule has 2 aromatic rings. The van der Waals surface area contributed by atoms with Crippen LogP contribution in [0.4, 0.5) is 5.69 Å². The number of rotatable bonds is 2. The van der Waals surface area contributed by atoms with Gasteiger partial charge in [0.25, 0.3) is 0 Å². The van der Waals surface area contributed by atoms with Gasteiger partial charge >= 0.3 is 0 Å². The van der Waals surface area contributed by atoms with Crippen molar-refractivity contribution >= 4 is 5.69 Å². The van der Waals surface area contributed by atoms with Crippen LogP contribution in [0.5, 0.6) is 11.6 Å². The summed E-state index contributed by atoms with van der Waals surface area (Å²) in [5.74, 6) is 1.11. The molecule has 1 aromatic carbocycles. The van der Waals surface area contributed by atoms with E-state index in [0.29, 0.717) is 17.3 Å². The SMILES string of the molecule is Cc1cnc(Oc2ccc([NH])cc2)cn1. The molecular weight excluding hydrogens is 190 g/mol. The Morgan fingerprint density at radius 3 is 2.40 bits per heavy atom. The van der Waals surface area contributed by atoms with Gasteiger partial charge < -0.3 is 10.5 Å². The molecule has 0 aliphatic rings. The number of hydrogen-bond acceptors (Lipinski definition) is 3. The lowest BCUT2D eigenvalue weighted by Crippen LogP contribution is -1.90. The molecule has 1 aromatic heterocycles. The van der Waals surface area contributed by atoms with Crippen molar-refractivity contribution in [2.45, 2.75) is 6.92 Å². The molecular formula is C11H10N3O. The fraction of sp³-hybridized carbons (Fsp3) is 0.0909. The van der Waals surface area contributed by atoms with Gasteiger partial charge in [-0.25, -0.2) is 4.98 Å². The highest BCUT2D eigenvalue weighted by molar-refractivity contribution is 5.39. The molecule has 4 heteroatoms. The molecule has 0 saturated carbocycles. The van der Waals surface area contributed by atoms with E-state index in [0.717, 1.165) is 5.69 Å². The smallest absolute Gasteiger partial charge is 0.237 e. The van der Waals surface area contributed by atoms with Gasteiger partial charge in [0.2, 0.25) is 5.88 Å². The van der Waals surface area contributed by atoms with Crippen LogP contribution in [-0.2, 0) is 0 Å². The zero-order valence-corrected chi connectivity index (χ0v) is 8.27. The highest BCUT2D eigenvalue weighted by Crippen LogP contribution is 2.19. The molecule has 15 heavy (non-hydrogen) atoms. The van der Waals surface area contributed by atoms with E-state index in [1.807, 2.05) is 6.92 Å². The minimum Gasteiger partial charge on any atom is -0.438 e. The van der Waals surface area contributed by atoms with Crippen LogP contribution in [0.25, 0.3) is 0 Å². The predicted octanol–water partition coefficient (Wildman–Crippen LogP) is 2.49. The average molecular weight is 200 g/mol. The number of aromatic nitrogens is 2. The summed E-state index contributed by atoms with van der Waals surface area (Å²) in [5.41, 5.74) is 8.62. The van der Waals surface area contributed by atoms with Gasteiger partial charge in [-0.15, -0.1) is 0 Å². The Bertz CT molecular complexity index is 393. The fourth-order valence-corrected chi connectivity index (χ4v) is 1.08. The topological polar surface area (TPSA) is 58.8 Å². The van der Waals surface area contributed by atoms with E-state index >= 15 is 0 Å². The van der Waals surface area contributed by atoms with Gasteiger partial charge in [-0.2, -0.15) is 0 Å². The highest BCUT2D eigenvalue weighted by Gasteiger charge is 1.98. The number of benzene rings is 1. The Kier molecular flexibility index (Phi) is 2.49. The maximum Gasteiger partial charge on any atom is 0.237 e. The fourth-order valence-electron chi connectivity index (χ4n) is 1.08. The predicted molar refractivity (Wildman–Crippen MR) is 56.0 cm³/mol. The molecule has 0 spiro atoms. The van der Waals surface area contributed by atoms with E-state index in [9.17, 15) is 0 Å². The van der Waals surface area contributed by atoms with Crippen LogP contribution in [-0.4, -0.2) is 9.97 Å². The molecule has 0 aliphatic heterocycles. The number of nitrogens with one attached hydrogen (secondary N) is 1. The molecule has 1 N–H and O–H groups in total. The summed E-state index contributed by atoms with van der Waals surface area (Å²) < 4.78 is 5.43. The lowest BCUT2D eigenvalue weighted by atomic mass is 10.3. The number of ether oxygens (including phenoxy) is 1. The van der Waals surface area contributed by atoms with Gasteiger partial charge in [0.15, 0.2) is 0 Å². The molecule has 0 bridgehead atoms. The number of hydrogen-bond donors (Lipinski definition) is 0. The maximum atomic E-state index is 7.32. The molecule has 2 rings (SSSR count). The lowest BCUT2D eigenvalue weighted by Gasteiger charge is -2.03. The van der Waals surface area contributed by atoms with Crippen LogP contribution in [0.1, 0.15) is 5.69 Å². The second kappa shape index (κ2) is 3.96. The van der Waals surface area contributed by atoms with Crippen molar-refractivity contribution in [2.75, 3.05) is 0 Å². The molecule has 0 saturated heterocycles. The van der Waals surface area contributed by atoms with Crippen LogP contribution in [0.15, 0.2) is 36.7 Å². The number of nitrogens with zero attached hydrogens (tertiary/aromatic N) is 2. The third-order valence-electron chi connectivity index (χ3n) is 1.83. The first-order valence-electron chi connectivity index (χ1n) is 4.52. The van der Waals surface area contributed by atoms with E-state index in [-0.39, 0.29) is 0 Å². The van der Waals surface area contributed by atoms with Gasteiger partial charge in [-0.1, -0.05) is 0 Å². The summed E-state index contributed by atoms with van der Waals surface area (Å²) in [5, 5.41) is 0. The van der Waals surface area contributed by atoms with Crippen molar-refractivity contribution in [3.63, 3.8) is 0 Å². The lowest BCUT2D eigenvalue weighted by molar-refractivity contribution is 0.459. The molecule has 0 unspecified atom stereocenters. The van der Waals surface area contributed by atoms with Crippen molar-refractivity contribution in [2.24, 2.45) is 0 Å². The van der Waals surface area contributed by atoms with E-state index in [2.05, 4.69) is 9.97 Å². The van der Waals surface area contributed by atoms with E-state index < -0.39 is 0 Å². The Hall–Kier alpha value is -2.10. The molecule has 75 valence electrons. The van der Waals surface area contributed by atoms with Gasteiger partial charge in [0.05, 0.1) is 23.8 Å². The van der Waals surface area contributed by atoms with Crippen LogP contribution in [0.2, 0.25) is 0 Å². The third kappa shape index (κ3) is 2.43. The maximum absolute atomic E-state index is 7.32. The van der Waals surface area contributed by atoms with Gasteiger partial charge in [0.1, 0.15) is 5.75 Å². The molecule has 0 aliphatic carbocycles. The molecule has 1 heterocycles. The first-order valence-corrected chi connectivity index (χ1v) is 4.52. The Labute approximate surface area is 87.7 Å². The average Bonchev–Trinajstić information content (AvgIpc) is 2.25. The summed E-state index contributed by atoms with van der Waals surface area (Å²) in [6, 6.07) is 6.78. The van der Waals surface area contributed by atoms with Crippen molar-refractivity contribution in [3.05, 3.63) is 42.4 Å². The minimum absolute atomic E-state index is 0.456. The van der Waals surface area contributed by atoms with Gasteiger partial charge in [-0.05, 0) is 31.2 Å². The van der Waals surface area contributed by atoms with Crippen molar-refractivity contribution in [3.8, 4) is 11.6 Å². The van der Waals surface area contributed by atoms with Gasteiger partial charge in [0, 0.05) is 0 Å². The van der Waals surface area contributed by atoms with Crippen molar-refractivity contribution < 1.29 is 4.74 Å². The van der Waals surface area contributed by atoms with E-state index in [1.165, 1.54) is 0 Å².